The molecule has 1 atom stereocenters. The number of fused-ring (bicyclic) bond motifs is 1. The molecule has 0 bridgehead atoms. The van der Waals surface area contributed by atoms with Gasteiger partial charge in [0.2, 0.25) is 0 Å². The third kappa shape index (κ3) is 4.52. The Kier molecular flexibility index (Phi) is 5.77. The Hall–Kier alpha value is -4.30. The summed E-state index contributed by atoms with van der Waals surface area (Å²) < 4.78 is 10.5. The van der Waals surface area contributed by atoms with Crippen LogP contribution in [-0.2, 0) is 9.53 Å². The molecule has 144 valence electrons. The number of aromatic nitrogens is 2. The summed E-state index contributed by atoms with van der Waals surface area (Å²) in [4.78, 5) is 19.3. The number of para-hydroxylation sites is 2. The molecule has 0 radical (unpaired) electrons. The molecular weight excluding hydrogens is 372 g/mol. The molecule has 2 N–H and O–H groups in total. The number of nitriles is 2. The number of benzene rings is 2. The van der Waals surface area contributed by atoms with E-state index in [0.717, 1.165) is 0 Å². The second-order valence-electron chi connectivity index (χ2n) is 6.04. The van der Waals surface area contributed by atoms with E-state index in [-0.39, 0.29) is 11.4 Å². The first kappa shape index (κ1) is 19.5. The number of ether oxygens (including phenoxy) is 2. The van der Waals surface area contributed by atoms with Gasteiger partial charge in [-0.3, -0.25) is 0 Å². The van der Waals surface area contributed by atoms with Crippen molar-refractivity contribution in [1.29, 1.82) is 10.5 Å². The fraction of sp³-hybridized carbons (Fsp3) is 0.143. The molecule has 3 rings (SSSR count). The third-order valence-corrected chi connectivity index (χ3v) is 4.01. The van der Waals surface area contributed by atoms with Crippen LogP contribution in [0.4, 0.5) is 0 Å². The first-order valence-electron chi connectivity index (χ1n) is 8.62. The number of hydrogen-bond acceptors (Lipinski definition) is 7. The molecule has 0 saturated carbocycles. The number of rotatable bonds is 6. The number of carbonyl (C=O) groups excluding carboxylic acids is 1. The second-order valence-corrected chi connectivity index (χ2v) is 6.04. The molecule has 1 aromatic heterocycles. The van der Waals surface area contributed by atoms with E-state index in [9.17, 15) is 15.2 Å². The monoisotopic (exact) mass is 388 g/mol. The number of aliphatic hydroxyl groups is 1. The number of allylic oxidation sites excluding steroid dienone is 1. The van der Waals surface area contributed by atoms with E-state index in [4.69, 9.17) is 14.7 Å². The van der Waals surface area contributed by atoms with Crippen molar-refractivity contribution in [3.8, 4) is 17.9 Å². The zero-order valence-corrected chi connectivity index (χ0v) is 15.4. The predicted molar refractivity (Wildman–Crippen MR) is 103 cm³/mol. The highest BCUT2D eigenvalue weighted by Gasteiger charge is 2.19. The van der Waals surface area contributed by atoms with Gasteiger partial charge in [0.25, 0.3) is 0 Å². The Balaban J connectivity index is 1.65. The molecule has 0 amide bonds. The first-order valence-corrected chi connectivity index (χ1v) is 8.62. The highest BCUT2D eigenvalue weighted by Crippen LogP contribution is 2.19. The maximum absolute atomic E-state index is 12.1. The molecule has 8 heteroatoms. The number of nitrogens with one attached hydrogen (secondary N) is 1. The molecule has 0 spiro atoms. The van der Waals surface area contributed by atoms with Crippen LogP contribution in [0.25, 0.3) is 16.6 Å². The molecule has 0 fully saturated rings. The lowest BCUT2D eigenvalue weighted by Crippen LogP contribution is -2.27. The average Bonchev–Trinajstić information content (AvgIpc) is 3.16. The zero-order chi connectivity index (χ0) is 20.8. The molecular formula is C21H16N4O4. The number of esters is 1. The van der Waals surface area contributed by atoms with Crippen LogP contribution in [0.5, 0.6) is 5.75 Å². The third-order valence-electron chi connectivity index (χ3n) is 4.01. The van der Waals surface area contributed by atoms with Gasteiger partial charge >= 0.3 is 5.97 Å². The number of H-pyrrole nitrogens is 1. The summed E-state index contributed by atoms with van der Waals surface area (Å²) in [5.74, 6) is -0.564. The first-order chi connectivity index (χ1) is 14.0. The van der Waals surface area contributed by atoms with E-state index in [1.54, 1.807) is 42.5 Å². The van der Waals surface area contributed by atoms with Crippen molar-refractivity contribution in [2.45, 2.75) is 13.0 Å². The number of aromatic amines is 1. The van der Waals surface area contributed by atoms with Gasteiger partial charge in [0, 0.05) is 0 Å². The Morgan fingerprint density at radius 2 is 1.93 bits per heavy atom. The van der Waals surface area contributed by atoms with Crippen LogP contribution >= 0.6 is 0 Å². The number of aliphatic hydroxyl groups excluding tert-OH is 1. The molecule has 1 heterocycles. The van der Waals surface area contributed by atoms with Gasteiger partial charge in [-0.15, -0.1) is 0 Å². The Morgan fingerprint density at radius 3 is 2.59 bits per heavy atom. The summed E-state index contributed by atoms with van der Waals surface area (Å²) in [7, 11) is 0. The lowest BCUT2D eigenvalue weighted by Gasteiger charge is -2.14. The lowest BCUT2D eigenvalue weighted by molar-refractivity contribution is -0.150. The van der Waals surface area contributed by atoms with Crippen molar-refractivity contribution in [2.75, 3.05) is 6.61 Å². The second kappa shape index (κ2) is 8.59. The van der Waals surface area contributed by atoms with Crippen LogP contribution in [0.3, 0.4) is 0 Å². The highest BCUT2D eigenvalue weighted by molar-refractivity contribution is 5.83. The number of imidazole rings is 1. The summed E-state index contributed by atoms with van der Waals surface area (Å²) in [5.41, 5.74) is 1.71. The summed E-state index contributed by atoms with van der Waals surface area (Å²) in [6.07, 6.45) is -0.951. The van der Waals surface area contributed by atoms with Crippen molar-refractivity contribution in [1.82, 2.24) is 9.97 Å². The molecule has 0 aliphatic heterocycles. The van der Waals surface area contributed by atoms with Gasteiger partial charge in [-0.25, -0.2) is 9.78 Å². The standard InChI is InChI=1S/C21H16N4O4/c1-13(29-15-8-6-14(10-22)7-9-15)21(27)28-12-19(26)16(11-23)20-24-17-4-2-3-5-18(17)25-20/h2-9,13,26H,12H2,1H3,(H,24,25)/b19-16-/t13-/m1/s1. The highest BCUT2D eigenvalue weighted by atomic mass is 16.6. The molecule has 0 aliphatic carbocycles. The van der Waals surface area contributed by atoms with Gasteiger partial charge < -0.3 is 19.6 Å². The zero-order valence-electron chi connectivity index (χ0n) is 15.4. The molecule has 3 aromatic rings. The van der Waals surface area contributed by atoms with E-state index in [1.807, 2.05) is 18.2 Å². The van der Waals surface area contributed by atoms with E-state index in [0.29, 0.717) is 22.3 Å². The van der Waals surface area contributed by atoms with Crippen LogP contribution in [-0.4, -0.2) is 33.8 Å². The van der Waals surface area contributed by atoms with Gasteiger partial charge in [0.15, 0.2) is 17.7 Å². The molecule has 2 aromatic carbocycles. The lowest BCUT2D eigenvalue weighted by atomic mass is 10.2. The van der Waals surface area contributed by atoms with Gasteiger partial charge in [-0.2, -0.15) is 10.5 Å². The minimum Gasteiger partial charge on any atom is -0.507 e. The van der Waals surface area contributed by atoms with Crippen LogP contribution < -0.4 is 4.74 Å². The molecule has 0 unspecified atom stereocenters. The Bertz CT molecular complexity index is 1120. The van der Waals surface area contributed by atoms with E-state index >= 15 is 0 Å². The minimum absolute atomic E-state index is 0.116. The van der Waals surface area contributed by atoms with Crippen molar-refractivity contribution < 1.29 is 19.4 Å². The Labute approximate surface area is 166 Å². The summed E-state index contributed by atoms with van der Waals surface area (Å²) in [6.45, 7) is 0.992. The van der Waals surface area contributed by atoms with Gasteiger partial charge in [0.1, 0.15) is 24.0 Å². The molecule has 0 aliphatic rings. The minimum atomic E-state index is -0.951. The van der Waals surface area contributed by atoms with E-state index in [1.165, 1.54) is 6.92 Å². The largest absolute Gasteiger partial charge is 0.507 e. The van der Waals surface area contributed by atoms with Gasteiger partial charge in [0.05, 0.1) is 22.7 Å². The van der Waals surface area contributed by atoms with Crippen LogP contribution in [0, 0.1) is 22.7 Å². The molecule has 0 saturated heterocycles. The predicted octanol–water partition coefficient (Wildman–Crippen LogP) is 3.24. The summed E-state index contributed by atoms with van der Waals surface area (Å²) in [6, 6.07) is 17.3. The van der Waals surface area contributed by atoms with Gasteiger partial charge in [-0.1, -0.05) is 12.1 Å². The Morgan fingerprint density at radius 1 is 1.21 bits per heavy atom. The number of hydrogen-bond donors (Lipinski definition) is 2. The topological polar surface area (TPSA) is 132 Å². The number of nitrogens with zero attached hydrogens (tertiary/aromatic N) is 3. The van der Waals surface area contributed by atoms with Crippen molar-refractivity contribution in [3.63, 3.8) is 0 Å². The van der Waals surface area contributed by atoms with Crippen molar-refractivity contribution in [2.24, 2.45) is 0 Å². The smallest absolute Gasteiger partial charge is 0.347 e. The van der Waals surface area contributed by atoms with Gasteiger partial charge in [-0.05, 0) is 43.3 Å². The van der Waals surface area contributed by atoms with Crippen LogP contribution in [0.15, 0.2) is 54.3 Å². The maximum atomic E-state index is 12.1. The van der Waals surface area contributed by atoms with E-state index < -0.39 is 24.4 Å². The fourth-order valence-corrected chi connectivity index (χ4v) is 2.51. The van der Waals surface area contributed by atoms with Crippen LogP contribution in [0.1, 0.15) is 18.3 Å². The quantitative estimate of drug-likeness (QED) is 0.376. The average molecular weight is 388 g/mol. The summed E-state index contributed by atoms with van der Waals surface area (Å²) in [5, 5.41) is 28.4. The summed E-state index contributed by atoms with van der Waals surface area (Å²) >= 11 is 0. The maximum Gasteiger partial charge on any atom is 0.347 e. The normalized spacial score (nSPS) is 12.4. The molecule has 8 nitrogen and oxygen atoms in total. The molecule has 29 heavy (non-hydrogen) atoms. The SMILES string of the molecule is C[C@@H](Oc1ccc(C#N)cc1)C(=O)OC/C(O)=C(\C#N)c1nc2ccccc2[nH]1. The van der Waals surface area contributed by atoms with E-state index in [2.05, 4.69) is 9.97 Å². The number of carbonyl (C=O) groups is 1. The van der Waals surface area contributed by atoms with Crippen molar-refractivity contribution >= 4 is 22.6 Å². The van der Waals surface area contributed by atoms with Crippen molar-refractivity contribution in [3.05, 3.63) is 65.7 Å². The van der Waals surface area contributed by atoms with Crippen LogP contribution in [0.2, 0.25) is 0 Å². The fourth-order valence-electron chi connectivity index (χ4n) is 2.51.